The van der Waals surface area contributed by atoms with Gasteiger partial charge in [-0.15, -0.1) is 0 Å². The minimum Gasteiger partial charge on any atom is -0.481 e. The first-order valence-electron chi connectivity index (χ1n) is 5.43. The van der Waals surface area contributed by atoms with Crippen molar-refractivity contribution in [3.63, 3.8) is 0 Å². The molecule has 18 heavy (non-hydrogen) atoms. The zero-order valence-corrected chi connectivity index (χ0v) is 11.0. The van der Waals surface area contributed by atoms with Crippen molar-refractivity contribution in [1.82, 2.24) is 4.90 Å². The molecule has 0 unspecified atom stereocenters. The third-order valence-corrected chi connectivity index (χ3v) is 3.36. The fourth-order valence-corrected chi connectivity index (χ4v) is 2.28. The molecule has 1 aliphatic heterocycles. The maximum atomic E-state index is 13.6. The van der Waals surface area contributed by atoms with Crippen LogP contribution >= 0.6 is 15.9 Å². The molecule has 1 heterocycles. The second-order valence-corrected chi connectivity index (χ2v) is 5.21. The van der Waals surface area contributed by atoms with E-state index in [9.17, 15) is 14.0 Å². The average Bonchev–Trinajstić information content (AvgIpc) is 2.21. The number of carbonyl (C=O) groups is 2. The Morgan fingerprint density at radius 1 is 1.44 bits per heavy atom. The highest BCUT2D eigenvalue weighted by Gasteiger charge is 2.33. The van der Waals surface area contributed by atoms with Crippen molar-refractivity contribution in [2.75, 3.05) is 13.1 Å². The molecule has 0 spiro atoms. The van der Waals surface area contributed by atoms with Gasteiger partial charge in [0.15, 0.2) is 0 Å². The van der Waals surface area contributed by atoms with Crippen LogP contribution < -0.4 is 0 Å². The Kier molecular flexibility index (Phi) is 3.65. The van der Waals surface area contributed by atoms with E-state index in [4.69, 9.17) is 5.11 Å². The second-order valence-electron chi connectivity index (χ2n) is 4.30. The Balaban J connectivity index is 1.99. The van der Waals surface area contributed by atoms with Gasteiger partial charge in [0.2, 0.25) is 0 Å². The summed E-state index contributed by atoms with van der Waals surface area (Å²) in [4.78, 5) is 23.8. The van der Waals surface area contributed by atoms with Crippen LogP contribution in [0.2, 0.25) is 0 Å². The molecule has 1 saturated heterocycles. The van der Waals surface area contributed by atoms with Crippen LogP contribution in [0.5, 0.6) is 0 Å². The largest absolute Gasteiger partial charge is 0.481 e. The predicted molar refractivity (Wildman–Crippen MR) is 65.7 cm³/mol. The van der Waals surface area contributed by atoms with E-state index in [1.807, 2.05) is 0 Å². The molecule has 1 aromatic rings. The van der Waals surface area contributed by atoms with Crippen molar-refractivity contribution in [3.8, 4) is 0 Å². The van der Waals surface area contributed by atoms with Crippen LogP contribution in [0.3, 0.4) is 0 Å². The number of benzene rings is 1. The molecule has 4 nitrogen and oxygen atoms in total. The third kappa shape index (κ3) is 2.69. The van der Waals surface area contributed by atoms with Gasteiger partial charge in [0.25, 0.3) is 5.91 Å². The maximum Gasteiger partial charge on any atom is 0.303 e. The van der Waals surface area contributed by atoms with Crippen molar-refractivity contribution in [3.05, 3.63) is 34.1 Å². The smallest absolute Gasteiger partial charge is 0.303 e. The lowest BCUT2D eigenvalue weighted by molar-refractivity contribution is -0.139. The third-order valence-electron chi connectivity index (χ3n) is 2.87. The normalized spacial score (nSPS) is 15.3. The zero-order chi connectivity index (χ0) is 13.3. The summed E-state index contributed by atoms with van der Waals surface area (Å²) >= 11 is 3.12. The fraction of sp³-hybridized carbons (Fsp3) is 0.333. The zero-order valence-electron chi connectivity index (χ0n) is 9.40. The molecule has 0 aliphatic carbocycles. The molecule has 0 atom stereocenters. The van der Waals surface area contributed by atoms with Crippen molar-refractivity contribution in [1.29, 1.82) is 0 Å². The van der Waals surface area contributed by atoms with E-state index >= 15 is 0 Å². The molecule has 0 bridgehead atoms. The van der Waals surface area contributed by atoms with E-state index in [0.29, 0.717) is 17.6 Å². The van der Waals surface area contributed by atoms with E-state index in [-0.39, 0.29) is 23.8 Å². The lowest BCUT2D eigenvalue weighted by Gasteiger charge is -2.38. The lowest BCUT2D eigenvalue weighted by Crippen LogP contribution is -2.50. The molecular formula is C12H11BrFNO3. The van der Waals surface area contributed by atoms with E-state index in [0.717, 1.165) is 0 Å². The fourth-order valence-electron chi connectivity index (χ4n) is 1.95. The number of amides is 1. The number of rotatable bonds is 3. The van der Waals surface area contributed by atoms with Crippen molar-refractivity contribution in [2.45, 2.75) is 6.42 Å². The molecule has 1 amide bonds. The van der Waals surface area contributed by atoms with E-state index in [1.165, 1.54) is 17.0 Å². The second kappa shape index (κ2) is 5.06. The Morgan fingerprint density at radius 2 is 2.11 bits per heavy atom. The molecule has 0 aromatic heterocycles. The van der Waals surface area contributed by atoms with Crippen molar-refractivity contribution < 1.29 is 19.1 Å². The number of carbonyl (C=O) groups excluding carboxylic acids is 1. The number of hydrogen-bond acceptors (Lipinski definition) is 2. The summed E-state index contributed by atoms with van der Waals surface area (Å²) in [6.07, 6.45) is 0.0482. The molecule has 0 radical (unpaired) electrons. The highest BCUT2D eigenvalue weighted by Crippen LogP contribution is 2.23. The van der Waals surface area contributed by atoms with Gasteiger partial charge in [-0.3, -0.25) is 9.59 Å². The molecule has 1 aliphatic rings. The average molecular weight is 316 g/mol. The van der Waals surface area contributed by atoms with E-state index in [1.54, 1.807) is 6.07 Å². The van der Waals surface area contributed by atoms with Crippen LogP contribution in [0.25, 0.3) is 0 Å². The number of carboxylic acid groups (broad SMARTS) is 1. The molecule has 96 valence electrons. The van der Waals surface area contributed by atoms with Gasteiger partial charge >= 0.3 is 5.97 Å². The van der Waals surface area contributed by atoms with Gasteiger partial charge in [-0.2, -0.15) is 0 Å². The minimum absolute atomic E-state index is 0.0203. The van der Waals surface area contributed by atoms with Crippen LogP contribution in [0.1, 0.15) is 16.8 Å². The van der Waals surface area contributed by atoms with Crippen LogP contribution in [0.15, 0.2) is 22.7 Å². The Labute approximate surface area is 112 Å². The van der Waals surface area contributed by atoms with Crippen molar-refractivity contribution >= 4 is 27.8 Å². The first kappa shape index (κ1) is 13.0. The molecule has 1 N–H and O–H groups in total. The van der Waals surface area contributed by atoms with Gasteiger partial charge in [-0.25, -0.2) is 4.39 Å². The summed E-state index contributed by atoms with van der Waals surface area (Å²) in [7, 11) is 0. The Bertz CT molecular complexity index is 500. The number of halogens is 2. The first-order valence-corrected chi connectivity index (χ1v) is 6.23. The quantitative estimate of drug-likeness (QED) is 0.929. The summed E-state index contributed by atoms with van der Waals surface area (Å²) in [6, 6.07) is 4.26. The highest BCUT2D eigenvalue weighted by atomic mass is 79.9. The monoisotopic (exact) mass is 315 g/mol. The topological polar surface area (TPSA) is 57.6 Å². The molecule has 1 aromatic carbocycles. The SMILES string of the molecule is O=C(O)CC1CN(C(=O)c2ccc(Br)cc2F)C1. The molecule has 0 saturated carbocycles. The number of carboxylic acids is 1. The molecule has 6 heteroatoms. The van der Waals surface area contributed by atoms with Gasteiger partial charge in [0.1, 0.15) is 5.82 Å². The van der Waals surface area contributed by atoms with Crippen LogP contribution in [0.4, 0.5) is 4.39 Å². The highest BCUT2D eigenvalue weighted by molar-refractivity contribution is 9.10. The van der Waals surface area contributed by atoms with Gasteiger partial charge in [-0.1, -0.05) is 15.9 Å². The molecule has 1 fully saturated rings. The standard InChI is InChI=1S/C12H11BrFNO3/c13-8-1-2-9(10(14)4-8)12(18)15-5-7(6-15)3-11(16)17/h1-2,4,7H,3,5-6H2,(H,16,17). The van der Waals surface area contributed by atoms with Gasteiger partial charge in [0, 0.05) is 23.5 Å². The van der Waals surface area contributed by atoms with Crippen LogP contribution in [-0.4, -0.2) is 35.0 Å². The van der Waals surface area contributed by atoms with Crippen LogP contribution in [-0.2, 0) is 4.79 Å². The van der Waals surface area contributed by atoms with Gasteiger partial charge in [0.05, 0.1) is 12.0 Å². The molecule has 2 rings (SSSR count). The van der Waals surface area contributed by atoms with Gasteiger partial charge < -0.3 is 10.0 Å². The number of likely N-dealkylation sites (tertiary alicyclic amines) is 1. The van der Waals surface area contributed by atoms with Crippen LogP contribution in [0, 0.1) is 11.7 Å². The number of nitrogens with zero attached hydrogens (tertiary/aromatic N) is 1. The number of aliphatic carboxylic acids is 1. The Hall–Kier alpha value is -1.43. The van der Waals surface area contributed by atoms with E-state index in [2.05, 4.69) is 15.9 Å². The maximum absolute atomic E-state index is 13.6. The number of hydrogen-bond donors (Lipinski definition) is 1. The van der Waals surface area contributed by atoms with Gasteiger partial charge in [-0.05, 0) is 18.2 Å². The summed E-state index contributed by atoms with van der Waals surface area (Å²) in [5.74, 6) is -1.86. The summed E-state index contributed by atoms with van der Waals surface area (Å²) in [6.45, 7) is 0.751. The summed E-state index contributed by atoms with van der Waals surface area (Å²) in [5, 5.41) is 8.60. The predicted octanol–water partition coefficient (Wildman–Crippen LogP) is 2.13. The molecular weight excluding hydrogens is 305 g/mol. The summed E-state index contributed by atoms with van der Waals surface area (Å²) in [5.41, 5.74) is 0.0203. The lowest BCUT2D eigenvalue weighted by atomic mass is 9.95. The first-order chi connectivity index (χ1) is 8.47. The van der Waals surface area contributed by atoms with Crippen molar-refractivity contribution in [2.24, 2.45) is 5.92 Å². The minimum atomic E-state index is -0.873. The summed E-state index contributed by atoms with van der Waals surface area (Å²) < 4.78 is 14.1. The van der Waals surface area contributed by atoms with E-state index < -0.39 is 11.8 Å². The Morgan fingerprint density at radius 3 is 2.67 bits per heavy atom.